The number of nitrogens with zero attached hydrogens (tertiary/aromatic N) is 1. The molecule has 0 bridgehead atoms. The summed E-state index contributed by atoms with van der Waals surface area (Å²) in [5.41, 5.74) is 0.462. The summed E-state index contributed by atoms with van der Waals surface area (Å²) in [6.07, 6.45) is 1.70. The molecule has 1 N–H and O–H groups in total. The van der Waals surface area contributed by atoms with Gasteiger partial charge in [0.15, 0.2) is 5.43 Å². The summed E-state index contributed by atoms with van der Waals surface area (Å²) in [4.78, 5) is 17.4. The lowest BCUT2D eigenvalue weighted by atomic mass is 9.80. The van der Waals surface area contributed by atoms with E-state index in [2.05, 4.69) is 4.98 Å². The van der Waals surface area contributed by atoms with Gasteiger partial charge in [-0.05, 0) is 41.8 Å². The summed E-state index contributed by atoms with van der Waals surface area (Å²) in [7, 11) is 3.30. The number of nitrogens with one attached hydrogen (secondary N) is 1. The highest BCUT2D eigenvalue weighted by Crippen LogP contribution is 2.36. The lowest BCUT2D eigenvalue weighted by Gasteiger charge is -2.32. The minimum absolute atomic E-state index is 0.0564. The van der Waals surface area contributed by atoms with Crippen LogP contribution >= 0.6 is 0 Å². The van der Waals surface area contributed by atoms with Crippen LogP contribution in [0, 0.1) is 0 Å². The standard InChI is InChI=1S/C14H23BN2O3/c1-13(2)14(3,4)20-15(19-13)11-8-16-10(7-12(11)18)9-17(5)6/h7-8H,9H2,1-6H3,(H,16,18). The van der Waals surface area contributed by atoms with Gasteiger partial charge in [0, 0.05) is 30.0 Å². The SMILES string of the molecule is CN(C)Cc1cc(=O)c(B2OC(C)(C)C(C)(C)O2)c[nH]1. The van der Waals surface area contributed by atoms with E-state index >= 15 is 0 Å². The molecule has 0 aromatic carbocycles. The van der Waals surface area contributed by atoms with E-state index in [0.29, 0.717) is 12.0 Å². The van der Waals surface area contributed by atoms with E-state index in [4.69, 9.17) is 9.31 Å². The molecule has 0 saturated carbocycles. The Balaban J connectivity index is 2.26. The Kier molecular flexibility index (Phi) is 3.84. The van der Waals surface area contributed by atoms with Crippen LogP contribution in [0.2, 0.25) is 0 Å². The second-order valence-electron chi connectivity index (χ2n) is 6.60. The zero-order valence-electron chi connectivity index (χ0n) is 13.1. The highest BCUT2D eigenvalue weighted by atomic mass is 16.7. The van der Waals surface area contributed by atoms with Gasteiger partial charge in [0.05, 0.1) is 11.2 Å². The maximum absolute atomic E-state index is 12.2. The van der Waals surface area contributed by atoms with Crippen molar-refractivity contribution >= 4 is 12.6 Å². The monoisotopic (exact) mass is 278 g/mol. The number of aromatic nitrogens is 1. The molecule has 1 aliphatic heterocycles. The molecule has 0 radical (unpaired) electrons. The van der Waals surface area contributed by atoms with E-state index in [9.17, 15) is 4.79 Å². The predicted molar refractivity (Wildman–Crippen MR) is 80.2 cm³/mol. The van der Waals surface area contributed by atoms with Crippen LogP contribution in [-0.2, 0) is 15.9 Å². The topological polar surface area (TPSA) is 54.6 Å². The maximum atomic E-state index is 12.2. The molecule has 6 heteroatoms. The molecule has 20 heavy (non-hydrogen) atoms. The Morgan fingerprint density at radius 2 is 1.75 bits per heavy atom. The third-order valence-corrected chi connectivity index (χ3v) is 4.00. The van der Waals surface area contributed by atoms with Crippen LogP contribution in [0.5, 0.6) is 0 Å². The highest BCUT2D eigenvalue weighted by Gasteiger charge is 2.52. The second kappa shape index (κ2) is 5.02. The van der Waals surface area contributed by atoms with E-state index in [-0.39, 0.29) is 5.43 Å². The molecule has 1 fully saturated rings. The van der Waals surface area contributed by atoms with Crippen LogP contribution in [0.1, 0.15) is 33.4 Å². The van der Waals surface area contributed by atoms with Crippen LogP contribution in [0.3, 0.4) is 0 Å². The number of H-pyrrole nitrogens is 1. The Hall–Kier alpha value is -1.11. The number of aromatic amines is 1. The van der Waals surface area contributed by atoms with Gasteiger partial charge in [0.1, 0.15) is 0 Å². The average molecular weight is 278 g/mol. The minimum atomic E-state index is -0.614. The van der Waals surface area contributed by atoms with E-state index < -0.39 is 18.3 Å². The zero-order valence-corrected chi connectivity index (χ0v) is 13.1. The summed E-state index contributed by atoms with van der Waals surface area (Å²) >= 11 is 0. The van der Waals surface area contributed by atoms with Gasteiger partial charge in [0.25, 0.3) is 0 Å². The Morgan fingerprint density at radius 1 is 1.20 bits per heavy atom. The first-order valence-corrected chi connectivity index (χ1v) is 6.84. The third kappa shape index (κ3) is 2.82. The van der Waals surface area contributed by atoms with E-state index in [1.54, 1.807) is 12.3 Å². The van der Waals surface area contributed by atoms with Gasteiger partial charge < -0.3 is 19.2 Å². The lowest BCUT2D eigenvalue weighted by Crippen LogP contribution is -2.44. The fraction of sp³-hybridized carbons (Fsp3) is 0.643. The lowest BCUT2D eigenvalue weighted by molar-refractivity contribution is 0.00578. The molecular formula is C14H23BN2O3. The first kappa shape index (κ1) is 15.3. The van der Waals surface area contributed by atoms with Crippen LogP contribution < -0.4 is 10.9 Å². The Morgan fingerprint density at radius 3 is 2.20 bits per heavy atom. The van der Waals surface area contributed by atoms with E-state index in [1.807, 2.05) is 46.7 Å². The van der Waals surface area contributed by atoms with Gasteiger partial charge in [0.2, 0.25) is 0 Å². The molecule has 0 unspecified atom stereocenters. The highest BCUT2D eigenvalue weighted by molar-refractivity contribution is 6.61. The fourth-order valence-corrected chi connectivity index (χ4v) is 2.11. The van der Waals surface area contributed by atoms with Crippen molar-refractivity contribution in [3.05, 3.63) is 28.2 Å². The van der Waals surface area contributed by atoms with Crippen molar-refractivity contribution in [2.45, 2.75) is 45.4 Å². The largest absolute Gasteiger partial charge is 0.500 e. The number of rotatable bonds is 3. The summed E-state index contributed by atoms with van der Waals surface area (Å²) in [6, 6.07) is 1.61. The van der Waals surface area contributed by atoms with Gasteiger partial charge in [-0.2, -0.15) is 0 Å². The summed E-state index contributed by atoms with van der Waals surface area (Å²) in [5, 5.41) is 0. The van der Waals surface area contributed by atoms with Crippen molar-refractivity contribution in [2.75, 3.05) is 14.1 Å². The van der Waals surface area contributed by atoms with Crippen LogP contribution in [0.15, 0.2) is 17.1 Å². The summed E-state index contributed by atoms with van der Waals surface area (Å²) < 4.78 is 11.8. The molecule has 1 saturated heterocycles. The van der Waals surface area contributed by atoms with Crippen molar-refractivity contribution in [3.63, 3.8) is 0 Å². The van der Waals surface area contributed by atoms with E-state index in [1.165, 1.54) is 0 Å². The third-order valence-electron chi connectivity index (χ3n) is 4.00. The van der Waals surface area contributed by atoms with Crippen LogP contribution in [-0.4, -0.2) is 42.3 Å². The molecule has 1 aliphatic rings. The molecule has 0 amide bonds. The van der Waals surface area contributed by atoms with Gasteiger partial charge >= 0.3 is 7.12 Å². The zero-order chi connectivity index (χ0) is 15.1. The number of hydrogen-bond acceptors (Lipinski definition) is 4. The first-order valence-electron chi connectivity index (χ1n) is 6.84. The van der Waals surface area contributed by atoms with E-state index in [0.717, 1.165) is 5.69 Å². The van der Waals surface area contributed by atoms with Crippen molar-refractivity contribution in [2.24, 2.45) is 0 Å². The van der Waals surface area contributed by atoms with Crippen molar-refractivity contribution in [1.29, 1.82) is 0 Å². The molecule has 2 rings (SSSR count). The molecular weight excluding hydrogens is 255 g/mol. The first-order chi connectivity index (χ1) is 9.12. The van der Waals surface area contributed by atoms with Gasteiger partial charge in [-0.1, -0.05) is 0 Å². The van der Waals surface area contributed by atoms with Crippen LogP contribution in [0.4, 0.5) is 0 Å². The fourth-order valence-electron chi connectivity index (χ4n) is 2.11. The van der Waals surface area contributed by atoms with Gasteiger partial charge in [-0.15, -0.1) is 0 Å². The molecule has 5 nitrogen and oxygen atoms in total. The van der Waals surface area contributed by atoms with Crippen molar-refractivity contribution < 1.29 is 9.31 Å². The van der Waals surface area contributed by atoms with Crippen molar-refractivity contribution in [3.8, 4) is 0 Å². The van der Waals surface area contributed by atoms with Gasteiger partial charge in [-0.3, -0.25) is 4.79 Å². The minimum Gasteiger partial charge on any atom is -0.399 e. The molecule has 1 aromatic rings. The normalized spacial score (nSPS) is 20.6. The Labute approximate surface area is 120 Å². The predicted octanol–water partition coefficient (Wildman–Crippen LogP) is 0.736. The van der Waals surface area contributed by atoms with Crippen LogP contribution in [0.25, 0.3) is 0 Å². The van der Waals surface area contributed by atoms with Gasteiger partial charge in [-0.25, -0.2) is 0 Å². The maximum Gasteiger partial charge on any atom is 0.500 e. The molecule has 0 aliphatic carbocycles. The molecule has 0 spiro atoms. The molecule has 2 heterocycles. The molecule has 1 aromatic heterocycles. The summed E-state index contributed by atoms with van der Waals surface area (Å²) in [6.45, 7) is 8.59. The molecule has 0 atom stereocenters. The quantitative estimate of drug-likeness (QED) is 0.828. The second-order valence-corrected chi connectivity index (χ2v) is 6.60. The smallest absolute Gasteiger partial charge is 0.399 e. The average Bonchev–Trinajstić information content (AvgIpc) is 2.46. The number of pyridine rings is 1. The van der Waals surface area contributed by atoms with Crippen molar-refractivity contribution in [1.82, 2.24) is 9.88 Å². The Bertz CT molecular complexity index is 536. The number of hydrogen-bond donors (Lipinski definition) is 1. The molecule has 110 valence electrons. The summed E-state index contributed by atoms with van der Waals surface area (Å²) in [5.74, 6) is 0.